The summed E-state index contributed by atoms with van der Waals surface area (Å²) in [6.07, 6.45) is 6.81. The van der Waals surface area contributed by atoms with Gasteiger partial charge < -0.3 is 20.7 Å². The minimum Gasteiger partial charge on any atom is -0.392 e. The summed E-state index contributed by atoms with van der Waals surface area (Å²) in [5, 5.41) is 16.0. The molecule has 6 heteroatoms. The first-order valence-corrected chi connectivity index (χ1v) is 12.0. The second-order valence-electron chi connectivity index (χ2n) is 9.18. The number of hydrogen-bond donors (Lipinski definition) is 4. The number of imidazole rings is 1. The van der Waals surface area contributed by atoms with Crippen LogP contribution in [-0.2, 0) is 11.4 Å². The molecule has 2 aromatic carbocycles. The third-order valence-corrected chi connectivity index (χ3v) is 6.62. The van der Waals surface area contributed by atoms with Crippen molar-refractivity contribution in [1.82, 2.24) is 20.6 Å². The van der Waals surface area contributed by atoms with E-state index in [1.165, 1.54) is 0 Å². The van der Waals surface area contributed by atoms with Crippen LogP contribution < -0.4 is 10.6 Å². The number of rotatable bonds is 8. The molecule has 1 aliphatic heterocycles. The van der Waals surface area contributed by atoms with Crippen LogP contribution in [0.3, 0.4) is 0 Å². The predicted octanol–water partition coefficient (Wildman–Crippen LogP) is 4.53. The van der Waals surface area contributed by atoms with Crippen LogP contribution in [0.4, 0.5) is 0 Å². The maximum absolute atomic E-state index is 13.2. The second-order valence-corrected chi connectivity index (χ2v) is 9.18. The Morgan fingerprint density at radius 2 is 1.91 bits per heavy atom. The number of piperidine rings is 1. The van der Waals surface area contributed by atoms with Crippen LogP contribution in [0.25, 0.3) is 17.3 Å². The van der Waals surface area contributed by atoms with E-state index in [9.17, 15) is 9.90 Å². The SMILES string of the molecule is C/C(=C\c1ccccc1C)C(=O)N[C@@H](CC1CCNCC1)c1ncc(-c2ccc(CO)cc2)[nH]1. The molecule has 1 saturated heterocycles. The fourth-order valence-electron chi connectivity index (χ4n) is 4.46. The summed E-state index contributed by atoms with van der Waals surface area (Å²) in [5.41, 5.74) is 5.64. The molecule has 4 rings (SSSR count). The van der Waals surface area contributed by atoms with Gasteiger partial charge in [0.25, 0.3) is 0 Å². The third kappa shape index (κ3) is 6.01. The number of aryl methyl sites for hydroxylation is 1. The van der Waals surface area contributed by atoms with Crippen LogP contribution in [0.15, 0.2) is 60.3 Å². The molecule has 6 nitrogen and oxygen atoms in total. The molecule has 4 N–H and O–H groups in total. The van der Waals surface area contributed by atoms with Gasteiger partial charge in [-0.2, -0.15) is 0 Å². The van der Waals surface area contributed by atoms with Gasteiger partial charge in [-0.25, -0.2) is 4.98 Å². The molecule has 34 heavy (non-hydrogen) atoms. The topological polar surface area (TPSA) is 90.0 Å². The molecule has 0 saturated carbocycles. The second kappa shape index (κ2) is 11.3. The molecule has 0 bridgehead atoms. The fraction of sp³-hybridized carbons (Fsp3) is 0.357. The molecule has 1 fully saturated rings. The highest BCUT2D eigenvalue weighted by Gasteiger charge is 2.24. The molecule has 1 aliphatic rings. The smallest absolute Gasteiger partial charge is 0.247 e. The summed E-state index contributed by atoms with van der Waals surface area (Å²) in [7, 11) is 0. The summed E-state index contributed by atoms with van der Waals surface area (Å²) in [5.74, 6) is 1.23. The normalized spacial score (nSPS) is 15.8. The number of aromatic nitrogens is 2. The zero-order valence-corrected chi connectivity index (χ0v) is 20.0. The van der Waals surface area contributed by atoms with Crippen molar-refractivity contribution < 1.29 is 9.90 Å². The lowest BCUT2D eigenvalue weighted by atomic mass is 9.90. The number of amides is 1. The fourth-order valence-corrected chi connectivity index (χ4v) is 4.46. The van der Waals surface area contributed by atoms with Crippen molar-refractivity contribution in [3.05, 3.63) is 82.8 Å². The Hall–Kier alpha value is -3.22. The van der Waals surface area contributed by atoms with Gasteiger partial charge in [0.2, 0.25) is 5.91 Å². The average Bonchev–Trinajstić information content (AvgIpc) is 3.36. The molecular weight excluding hydrogens is 424 g/mol. The standard InChI is InChI=1S/C28H34N4O2/c1-19-5-3-4-6-24(19)15-20(2)28(34)32-25(16-21-11-13-29-14-12-21)27-30-17-26(31-27)23-9-7-22(18-33)8-10-23/h3-10,15,17,21,25,29,33H,11-14,16,18H2,1-2H3,(H,30,31)(H,32,34)/b20-15+/t25-/m0/s1. The first kappa shape index (κ1) is 23.9. The molecule has 1 aromatic heterocycles. The highest BCUT2D eigenvalue weighted by Crippen LogP contribution is 2.28. The van der Waals surface area contributed by atoms with Crippen molar-refractivity contribution >= 4 is 12.0 Å². The molecule has 0 spiro atoms. The van der Waals surface area contributed by atoms with E-state index in [1.54, 1.807) is 0 Å². The van der Waals surface area contributed by atoms with Crippen LogP contribution in [0.2, 0.25) is 0 Å². The lowest BCUT2D eigenvalue weighted by molar-refractivity contribution is -0.118. The number of nitrogens with zero attached hydrogens (tertiary/aromatic N) is 1. The van der Waals surface area contributed by atoms with E-state index in [1.807, 2.05) is 61.7 Å². The zero-order chi connectivity index (χ0) is 23.9. The Balaban J connectivity index is 1.55. The third-order valence-electron chi connectivity index (χ3n) is 6.62. The van der Waals surface area contributed by atoms with Gasteiger partial charge in [-0.05, 0) is 80.4 Å². The lowest BCUT2D eigenvalue weighted by Gasteiger charge is -2.27. The van der Waals surface area contributed by atoms with E-state index >= 15 is 0 Å². The van der Waals surface area contributed by atoms with E-state index in [0.717, 1.165) is 66.1 Å². The quantitative estimate of drug-likeness (QED) is 0.374. The number of nitrogens with one attached hydrogen (secondary N) is 3. The molecular formula is C28H34N4O2. The number of benzene rings is 2. The molecule has 2 heterocycles. The van der Waals surface area contributed by atoms with Gasteiger partial charge >= 0.3 is 0 Å². The van der Waals surface area contributed by atoms with Gasteiger partial charge in [-0.15, -0.1) is 0 Å². The molecule has 1 atom stereocenters. The van der Waals surface area contributed by atoms with E-state index in [-0.39, 0.29) is 18.6 Å². The summed E-state index contributed by atoms with van der Waals surface area (Å²) < 4.78 is 0. The number of H-pyrrole nitrogens is 1. The van der Waals surface area contributed by atoms with Crippen LogP contribution in [0.5, 0.6) is 0 Å². The van der Waals surface area contributed by atoms with E-state index in [0.29, 0.717) is 11.5 Å². The number of hydrogen-bond acceptors (Lipinski definition) is 4. The monoisotopic (exact) mass is 458 g/mol. The Morgan fingerprint density at radius 3 is 2.62 bits per heavy atom. The largest absolute Gasteiger partial charge is 0.392 e. The maximum Gasteiger partial charge on any atom is 0.247 e. The number of carbonyl (C=O) groups is 1. The summed E-state index contributed by atoms with van der Waals surface area (Å²) >= 11 is 0. The van der Waals surface area contributed by atoms with E-state index in [4.69, 9.17) is 0 Å². The highest BCUT2D eigenvalue weighted by molar-refractivity contribution is 5.97. The Morgan fingerprint density at radius 1 is 1.18 bits per heavy atom. The maximum atomic E-state index is 13.2. The van der Waals surface area contributed by atoms with Gasteiger partial charge in [0.05, 0.1) is 24.5 Å². The van der Waals surface area contributed by atoms with Gasteiger partial charge in [-0.1, -0.05) is 48.5 Å². The highest BCUT2D eigenvalue weighted by atomic mass is 16.3. The molecule has 0 radical (unpaired) electrons. The first-order valence-electron chi connectivity index (χ1n) is 12.0. The van der Waals surface area contributed by atoms with E-state index < -0.39 is 0 Å². The van der Waals surface area contributed by atoms with Crippen molar-refractivity contribution in [2.24, 2.45) is 5.92 Å². The average molecular weight is 459 g/mol. The minimum absolute atomic E-state index is 0.0221. The minimum atomic E-state index is -0.193. The van der Waals surface area contributed by atoms with Crippen molar-refractivity contribution in [3.8, 4) is 11.3 Å². The van der Waals surface area contributed by atoms with Gasteiger partial charge in [0.1, 0.15) is 5.82 Å². The van der Waals surface area contributed by atoms with Crippen LogP contribution in [-0.4, -0.2) is 34.1 Å². The summed E-state index contributed by atoms with van der Waals surface area (Å²) in [6, 6.07) is 15.6. The molecule has 178 valence electrons. The van der Waals surface area contributed by atoms with Crippen LogP contribution in [0, 0.1) is 12.8 Å². The first-order chi connectivity index (χ1) is 16.5. The van der Waals surface area contributed by atoms with Crippen LogP contribution >= 0.6 is 0 Å². The van der Waals surface area contributed by atoms with Crippen molar-refractivity contribution in [3.63, 3.8) is 0 Å². The molecule has 1 amide bonds. The molecule has 0 unspecified atom stereocenters. The van der Waals surface area contributed by atoms with Gasteiger partial charge in [0, 0.05) is 5.57 Å². The predicted molar refractivity (Wildman–Crippen MR) is 136 cm³/mol. The van der Waals surface area contributed by atoms with Crippen molar-refractivity contribution in [2.75, 3.05) is 13.1 Å². The van der Waals surface area contributed by atoms with Crippen molar-refractivity contribution in [1.29, 1.82) is 0 Å². The van der Waals surface area contributed by atoms with Gasteiger partial charge in [0.15, 0.2) is 0 Å². The number of aliphatic hydroxyl groups excluding tert-OH is 1. The molecule has 0 aliphatic carbocycles. The Labute approximate surface area is 201 Å². The summed E-state index contributed by atoms with van der Waals surface area (Å²) in [4.78, 5) is 21.3. The Kier molecular flexibility index (Phi) is 7.93. The number of aromatic amines is 1. The number of carbonyl (C=O) groups excluding carboxylic acids is 1. The Bertz CT molecular complexity index is 1130. The van der Waals surface area contributed by atoms with Crippen molar-refractivity contribution in [2.45, 2.75) is 45.8 Å². The van der Waals surface area contributed by atoms with E-state index in [2.05, 4.69) is 33.6 Å². The zero-order valence-electron chi connectivity index (χ0n) is 20.0. The number of aliphatic hydroxyl groups is 1. The lowest BCUT2D eigenvalue weighted by Crippen LogP contribution is -2.34. The van der Waals surface area contributed by atoms with Crippen LogP contribution in [0.1, 0.15) is 54.7 Å². The van der Waals surface area contributed by atoms with Gasteiger partial charge in [-0.3, -0.25) is 4.79 Å². The summed E-state index contributed by atoms with van der Waals surface area (Å²) in [6.45, 7) is 5.96. The molecule has 3 aromatic rings.